The van der Waals surface area contributed by atoms with Crippen LogP contribution >= 0.6 is 0 Å². The Morgan fingerprint density at radius 2 is 2.15 bits per heavy atom. The Kier molecular flexibility index (Phi) is 5.41. The Labute approximate surface area is 121 Å². The van der Waals surface area contributed by atoms with Gasteiger partial charge in [0, 0.05) is 18.8 Å². The van der Waals surface area contributed by atoms with Crippen LogP contribution in [0.3, 0.4) is 0 Å². The van der Waals surface area contributed by atoms with Crippen LogP contribution in [0.1, 0.15) is 25.3 Å². The molecule has 0 aliphatic carbocycles. The van der Waals surface area contributed by atoms with Crippen molar-refractivity contribution in [2.45, 2.75) is 26.7 Å². The molecule has 110 valence electrons. The first-order chi connectivity index (χ1) is 9.69. The zero-order valence-electron chi connectivity index (χ0n) is 12.5. The fourth-order valence-corrected chi connectivity index (χ4v) is 2.66. The molecular formula is C16H25N3O. The minimum absolute atomic E-state index is 0.0108. The van der Waals surface area contributed by atoms with Gasteiger partial charge in [0.2, 0.25) is 0 Å². The molecule has 2 N–H and O–H groups in total. The van der Waals surface area contributed by atoms with Crippen molar-refractivity contribution in [3.05, 3.63) is 29.8 Å². The normalized spacial score (nSPS) is 15.9. The summed E-state index contributed by atoms with van der Waals surface area (Å²) >= 11 is 0. The van der Waals surface area contributed by atoms with E-state index in [9.17, 15) is 4.79 Å². The molecule has 1 fully saturated rings. The molecule has 4 heteroatoms. The lowest BCUT2D eigenvalue weighted by atomic mass is 9.98. The van der Waals surface area contributed by atoms with Crippen molar-refractivity contribution in [2.75, 3.05) is 31.5 Å². The van der Waals surface area contributed by atoms with Crippen LogP contribution in [0.25, 0.3) is 0 Å². The monoisotopic (exact) mass is 275 g/mol. The highest BCUT2D eigenvalue weighted by Crippen LogP contribution is 2.15. The number of benzene rings is 1. The number of hydrogen-bond donors (Lipinski definition) is 2. The van der Waals surface area contributed by atoms with Gasteiger partial charge in [0.15, 0.2) is 0 Å². The molecule has 20 heavy (non-hydrogen) atoms. The maximum Gasteiger partial charge on any atom is 0.321 e. The zero-order valence-corrected chi connectivity index (χ0v) is 12.5. The molecule has 0 atom stereocenters. The smallest absolute Gasteiger partial charge is 0.321 e. The van der Waals surface area contributed by atoms with Crippen molar-refractivity contribution in [1.82, 2.24) is 10.2 Å². The fourth-order valence-electron chi connectivity index (χ4n) is 2.66. The molecule has 0 spiro atoms. The van der Waals surface area contributed by atoms with E-state index in [1.807, 2.05) is 43.0 Å². The number of hydrogen-bond acceptors (Lipinski definition) is 2. The third kappa shape index (κ3) is 4.23. The number of nitrogens with zero attached hydrogens (tertiary/aromatic N) is 1. The summed E-state index contributed by atoms with van der Waals surface area (Å²) in [4.78, 5) is 14.2. The van der Waals surface area contributed by atoms with Crippen LogP contribution in [-0.4, -0.2) is 37.1 Å². The number of nitrogens with one attached hydrogen (secondary N) is 2. The molecule has 1 aromatic rings. The molecule has 1 heterocycles. The Balaban J connectivity index is 1.91. The summed E-state index contributed by atoms with van der Waals surface area (Å²) in [7, 11) is 0. The molecule has 1 saturated heterocycles. The van der Waals surface area contributed by atoms with Crippen LogP contribution in [0.2, 0.25) is 0 Å². The SMILES string of the molecule is CCN(CC1CCNCC1)C(=O)Nc1cccc(C)c1. The Bertz CT molecular complexity index is 441. The van der Waals surface area contributed by atoms with Gasteiger partial charge < -0.3 is 15.5 Å². The number of aryl methyl sites for hydroxylation is 1. The van der Waals surface area contributed by atoms with Gasteiger partial charge in [0.1, 0.15) is 0 Å². The van der Waals surface area contributed by atoms with Crippen molar-refractivity contribution < 1.29 is 4.79 Å². The molecule has 1 aliphatic heterocycles. The predicted molar refractivity (Wildman–Crippen MR) is 83.0 cm³/mol. The van der Waals surface area contributed by atoms with E-state index in [0.717, 1.165) is 50.3 Å². The van der Waals surface area contributed by atoms with E-state index >= 15 is 0 Å². The molecule has 0 radical (unpaired) electrons. The van der Waals surface area contributed by atoms with E-state index in [1.165, 1.54) is 0 Å². The second kappa shape index (κ2) is 7.29. The minimum atomic E-state index is 0.0108. The molecule has 0 unspecified atom stereocenters. The van der Waals surface area contributed by atoms with E-state index in [0.29, 0.717) is 5.92 Å². The summed E-state index contributed by atoms with van der Waals surface area (Å²) in [5, 5.41) is 6.36. The topological polar surface area (TPSA) is 44.4 Å². The summed E-state index contributed by atoms with van der Waals surface area (Å²) in [6.45, 7) is 7.82. The Morgan fingerprint density at radius 1 is 1.40 bits per heavy atom. The van der Waals surface area contributed by atoms with E-state index in [1.54, 1.807) is 0 Å². The Hall–Kier alpha value is -1.55. The lowest BCUT2D eigenvalue weighted by Gasteiger charge is -2.29. The lowest BCUT2D eigenvalue weighted by molar-refractivity contribution is 0.196. The summed E-state index contributed by atoms with van der Waals surface area (Å²) in [6.07, 6.45) is 2.32. The van der Waals surface area contributed by atoms with Crippen LogP contribution in [-0.2, 0) is 0 Å². The number of urea groups is 1. The maximum atomic E-state index is 12.3. The molecule has 2 amide bonds. The fraction of sp³-hybridized carbons (Fsp3) is 0.562. The number of piperidine rings is 1. The van der Waals surface area contributed by atoms with Gasteiger partial charge in [-0.1, -0.05) is 12.1 Å². The average molecular weight is 275 g/mol. The molecule has 2 rings (SSSR count). The van der Waals surface area contributed by atoms with Gasteiger partial charge in [0.25, 0.3) is 0 Å². The molecule has 0 aromatic heterocycles. The number of anilines is 1. The highest BCUT2D eigenvalue weighted by Gasteiger charge is 2.19. The third-order valence-corrected chi connectivity index (χ3v) is 3.88. The highest BCUT2D eigenvalue weighted by atomic mass is 16.2. The number of amides is 2. The number of carbonyl (C=O) groups is 1. The quantitative estimate of drug-likeness (QED) is 0.887. The molecule has 0 saturated carbocycles. The summed E-state index contributed by atoms with van der Waals surface area (Å²) in [6, 6.07) is 7.94. The molecule has 1 aromatic carbocycles. The van der Waals surface area contributed by atoms with Crippen molar-refractivity contribution >= 4 is 11.7 Å². The van der Waals surface area contributed by atoms with Gasteiger partial charge in [-0.2, -0.15) is 0 Å². The van der Waals surface area contributed by atoms with Gasteiger partial charge in [-0.25, -0.2) is 4.79 Å². The van der Waals surface area contributed by atoms with Crippen LogP contribution in [0.15, 0.2) is 24.3 Å². The van der Waals surface area contributed by atoms with Gasteiger partial charge in [0.05, 0.1) is 0 Å². The van der Waals surface area contributed by atoms with Crippen molar-refractivity contribution in [3.63, 3.8) is 0 Å². The van der Waals surface area contributed by atoms with Crippen LogP contribution in [0, 0.1) is 12.8 Å². The van der Waals surface area contributed by atoms with E-state index in [4.69, 9.17) is 0 Å². The van der Waals surface area contributed by atoms with Crippen molar-refractivity contribution in [1.29, 1.82) is 0 Å². The Morgan fingerprint density at radius 3 is 2.80 bits per heavy atom. The average Bonchev–Trinajstić information content (AvgIpc) is 2.45. The standard InChI is InChI=1S/C16H25N3O/c1-3-19(12-14-7-9-17-10-8-14)16(20)18-15-6-4-5-13(2)11-15/h4-6,11,14,17H,3,7-10,12H2,1-2H3,(H,18,20). The molecule has 4 nitrogen and oxygen atoms in total. The summed E-state index contributed by atoms with van der Waals surface area (Å²) < 4.78 is 0. The highest BCUT2D eigenvalue weighted by molar-refractivity contribution is 5.89. The molecule has 0 bridgehead atoms. The van der Waals surface area contributed by atoms with Crippen LogP contribution < -0.4 is 10.6 Å². The summed E-state index contributed by atoms with van der Waals surface area (Å²) in [5.41, 5.74) is 2.03. The lowest BCUT2D eigenvalue weighted by Crippen LogP contribution is -2.41. The van der Waals surface area contributed by atoms with E-state index < -0.39 is 0 Å². The second-order valence-electron chi connectivity index (χ2n) is 5.53. The van der Waals surface area contributed by atoms with Gasteiger partial charge in [-0.3, -0.25) is 0 Å². The first kappa shape index (κ1) is 14.9. The van der Waals surface area contributed by atoms with Gasteiger partial charge in [-0.15, -0.1) is 0 Å². The van der Waals surface area contributed by atoms with Crippen molar-refractivity contribution in [2.24, 2.45) is 5.92 Å². The zero-order chi connectivity index (χ0) is 14.4. The molecular weight excluding hydrogens is 250 g/mol. The van der Waals surface area contributed by atoms with E-state index in [-0.39, 0.29) is 6.03 Å². The number of carbonyl (C=O) groups excluding carboxylic acids is 1. The summed E-state index contributed by atoms with van der Waals surface area (Å²) in [5.74, 6) is 0.624. The minimum Gasteiger partial charge on any atom is -0.325 e. The van der Waals surface area contributed by atoms with Gasteiger partial charge in [-0.05, 0) is 63.4 Å². The van der Waals surface area contributed by atoms with Crippen LogP contribution in [0.5, 0.6) is 0 Å². The third-order valence-electron chi connectivity index (χ3n) is 3.88. The molecule has 1 aliphatic rings. The second-order valence-corrected chi connectivity index (χ2v) is 5.53. The number of rotatable bonds is 4. The first-order valence-corrected chi connectivity index (χ1v) is 7.52. The largest absolute Gasteiger partial charge is 0.325 e. The first-order valence-electron chi connectivity index (χ1n) is 7.52. The van der Waals surface area contributed by atoms with Crippen LogP contribution in [0.4, 0.5) is 10.5 Å². The predicted octanol–water partition coefficient (Wildman–Crippen LogP) is 2.85. The maximum absolute atomic E-state index is 12.3. The van der Waals surface area contributed by atoms with Gasteiger partial charge >= 0.3 is 6.03 Å². The van der Waals surface area contributed by atoms with Crippen molar-refractivity contribution in [3.8, 4) is 0 Å². The van der Waals surface area contributed by atoms with E-state index in [2.05, 4.69) is 10.6 Å².